The maximum absolute atomic E-state index is 5.48. The van der Waals surface area contributed by atoms with Crippen molar-refractivity contribution in [3.63, 3.8) is 0 Å². The Morgan fingerprint density at radius 2 is 2.17 bits per heavy atom. The van der Waals surface area contributed by atoms with Crippen molar-refractivity contribution < 1.29 is 4.74 Å². The zero-order chi connectivity index (χ0) is 8.81. The molecular formula is C8H15NOS2. The van der Waals surface area contributed by atoms with E-state index >= 15 is 0 Å². The van der Waals surface area contributed by atoms with Crippen molar-refractivity contribution >= 4 is 22.6 Å². The molecule has 1 aliphatic heterocycles. The highest BCUT2D eigenvalue weighted by atomic mass is 33.1. The first-order valence-corrected chi connectivity index (χ1v) is 6.02. The fraction of sp³-hybridized carbons (Fsp3) is 0.750. The molecule has 1 heterocycles. The predicted octanol–water partition coefficient (Wildman–Crippen LogP) is 2.49. The van der Waals surface area contributed by atoms with E-state index in [1.54, 1.807) is 6.26 Å². The third-order valence-corrected chi connectivity index (χ3v) is 3.21. The second kappa shape index (κ2) is 5.78. The first kappa shape index (κ1) is 10.3. The molecule has 1 fully saturated rings. The monoisotopic (exact) mass is 205 g/mol. The quantitative estimate of drug-likeness (QED) is 0.329. The topological polar surface area (TPSA) is 12.5 Å². The van der Waals surface area contributed by atoms with E-state index < -0.39 is 0 Å². The molecule has 0 spiro atoms. The Morgan fingerprint density at radius 3 is 2.67 bits per heavy atom. The molecule has 0 aromatic carbocycles. The van der Waals surface area contributed by atoms with Crippen LogP contribution in [0.4, 0.5) is 0 Å². The van der Waals surface area contributed by atoms with Gasteiger partial charge in [-0.2, -0.15) is 0 Å². The third kappa shape index (κ3) is 3.29. The van der Waals surface area contributed by atoms with Crippen LogP contribution in [0.25, 0.3) is 0 Å². The molecule has 2 nitrogen and oxygen atoms in total. The van der Waals surface area contributed by atoms with Crippen molar-refractivity contribution in [2.45, 2.75) is 25.9 Å². The van der Waals surface area contributed by atoms with Gasteiger partial charge in [-0.3, -0.25) is 0 Å². The summed E-state index contributed by atoms with van der Waals surface area (Å²) >= 11 is 4.15. The summed E-state index contributed by atoms with van der Waals surface area (Å²) in [5.74, 6) is 0. The Bertz CT molecular complexity index is 144. The molecule has 4 heteroatoms. The SMILES string of the molecule is C/C=C\OC1CCN(SS)CC1. The van der Waals surface area contributed by atoms with Crippen LogP contribution in [0.3, 0.4) is 0 Å². The average Bonchev–Trinajstić information content (AvgIpc) is 2.15. The van der Waals surface area contributed by atoms with Crippen LogP contribution in [0.2, 0.25) is 0 Å². The minimum Gasteiger partial charge on any atom is -0.498 e. The third-order valence-electron chi connectivity index (χ3n) is 1.92. The lowest BCUT2D eigenvalue weighted by Gasteiger charge is -2.28. The molecule has 0 aromatic heterocycles. The summed E-state index contributed by atoms with van der Waals surface area (Å²) in [6.45, 7) is 4.13. The summed E-state index contributed by atoms with van der Waals surface area (Å²) in [6, 6.07) is 0. The molecule has 12 heavy (non-hydrogen) atoms. The predicted molar refractivity (Wildman–Crippen MR) is 57.1 cm³/mol. The van der Waals surface area contributed by atoms with Crippen molar-refractivity contribution in [1.82, 2.24) is 4.31 Å². The van der Waals surface area contributed by atoms with Gasteiger partial charge in [-0.05, 0) is 30.7 Å². The van der Waals surface area contributed by atoms with Crippen LogP contribution < -0.4 is 0 Å². The van der Waals surface area contributed by atoms with E-state index in [4.69, 9.17) is 4.74 Å². The molecule has 1 rings (SSSR count). The fourth-order valence-corrected chi connectivity index (χ4v) is 2.10. The number of hydrogen-bond donors (Lipinski definition) is 1. The highest BCUT2D eigenvalue weighted by Crippen LogP contribution is 2.22. The van der Waals surface area contributed by atoms with Crippen LogP contribution >= 0.6 is 22.6 Å². The molecule has 0 bridgehead atoms. The van der Waals surface area contributed by atoms with E-state index in [0.717, 1.165) is 25.9 Å². The van der Waals surface area contributed by atoms with Crippen LogP contribution in [0.15, 0.2) is 12.3 Å². The Labute approximate surface area is 83.3 Å². The smallest absolute Gasteiger partial charge is 0.100 e. The molecule has 70 valence electrons. The molecule has 0 amide bonds. The Kier molecular flexibility index (Phi) is 4.95. The number of thiol groups is 1. The highest BCUT2D eigenvalue weighted by Gasteiger charge is 2.18. The van der Waals surface area contributed by atoms with Crippen molar-refractivity contribution in [1.29, 1.82) is 0 Å². The zero-order valence-corrected chi connectivity index (χ0v) is 8.98. The summed E-state index contributed by atoms with van der Waals surface area (Å²) in [5, 5.41) is 0. The summed E-state index contributed by atoms with van der Waals surface area (Å²) < 4.78 is 7.73. The van der Waals surface area contributed by atoms with Crippen molar-refractivity contribution in [2.24, 2.45) is 0 Å². The Balaban J connectivity index is 2.17. The van der Waals surface area contributed by atoms with Crippen LogP contribution in [-0.2, 0) is 4.74 Å². The van der Waals surface area contributed by atoms with Gasteiger partial charge in [0, 0.05) is 13.1 Å². The molecule has 1 aliphatic rings. The van der Waals surface area contributed by atoms with Gasteiger partial charge in [0.05, 0.1) is 6.26 Å². The zero-order valence-electron chi connectivity index (χ0n) is 7.27. The van der Waals surface area contributed by atoms with Gasteiger partial charge >= 0.3 is 0 Å². The van der Waals surface area contributed by atoms with Crippen molar-refractivity contribution in [2.75, 3.05) is 13.1 Å². The van der Waals surface area contributed by atoms with Gasteiger partial charge in [-0.15, -0.1) is 0 Å². The highest BCUT2D eigenvalue weighted by molar-refractivity contribution is 8.67. The number of ether oxygens (including phenoxy) is 1. The van der Waals surface area contributed by atoms with Crippen molar-refractivity contribution in [3.05, 3.63) is 12.3 Å². The van der Waals surface area contributed by atoms with E-state index in [9.17, 15) is 0 Å². The molecule has 0 aromatic rings. The first-order chi connectivity index (χ1) is 5.86. The average molecular weight is 205 g/mol. The van der Waals surface area contributed by atoms with Crippen molar-refractivity contribution in [3.8, 4) is 0 Å². The standard InChI is InChI=1S/C8H15NOS2/c1-2-7-10-8-3-5-9(12-11)6-4-8/h2,7-8,11H,3-6H2,1H3/b7-2-. The maximum Gasteiger partial charge on any atom is 0.100 e. The lowest BCUT2D eigenvalue weighted by molar-refractivity contribution is 0.0949. The Hall–Kier alpha value is 0.200. The summed E-state index contributed by atoms with van der Waals surface area (Å²) in [7, 11) is 1.53. The lowest BCUT2D eigenvalue weighted by Crippen LogP contribution is -2.31. The van der Waals surface area contributed by atoms with Crippen LogP contribution in [0, 0.1) is 0 Å². The molecule has 0 unspecified atom stereocenters. The molecule has 0 N–H and O–H groups in total. The van der Waals surface area contributed by atoms with Crippen LogP contribution in [0.1, 0.15) is 19.8 Å². The largest absolute Gasteiger partial charge is 0.498 e. The first-order valence-electron chi connectivity index (χ1n) is 4.20. The van der Waals surface area contributed by atoms with Gasteiger partial charge in [0.25, 0.3) is 0 Å². The maximum atomic E-state index is 5.48. The van der Waals surface area contributed by atoms with Gasteiger partial charge in [0.15, 0.2) is 0 Å². The van der Waals surface area contributed by atoms with E-state index in [1.807, 2.05) is 13.0 Å². The number of rotatable bonds is 3. The molecular weight excluding hydrogens is 190 g/mol. The number of hydrogen-bond acceptors (Lipinski definition) is 4. The lowest BCUT2D eigenvalue weighted by atomic mass is 10.1. The second-order valence-electron chi connectivity index (χ2n) is 2.82. The van der Waals surface area contributed by atoms with Gasteiger partial charge in [0.2, 0.25) is 0 Å². The Morgan fingerprint density at radius 1 is 1.50 bits per heavy atom. The molecule has 0 radical (unpaired) electrons. The summed E-state index contributed by atoms with van der Waals surface area (Å²) in [4.78, 5) is 0. The summed E-state index contributed by atoms with van der Waals surface area (Å²) in [6.07, 6.45) is 6.35. The molecule has 0 atom stereocenters. The minimum atomic E-state index is 0.415. The van der Waals surface area contributed by atoms with E-state index in [-0.39, 0.29) is 0 Å². The minimum absolute atomic E-state index is 0.415. The fourth-order valence-electron chi connectivity index (χ4n) is 1.24. The van der Waals surface area contributed by atoms with Crippen LogP contribution in [0.5, 0.6) is 0 Å². The second-order valence-corrected chi connectivity index (χ2v) is 3.99. The van der Waals surface area contributed by atoms with E-state index in [0.29, 0.717) is 6.10 Å². The van der Waals surface area contributed by atoms with Gasteiger partial charge in [-0.1, -0.05) is 17.7 Å². The molecule has 0 saturated carbocycles. The van der Waals surface area contributed by atoms with Gasteiger partial charge in [0.1, 0.15) is 6.10 Å². The number of piperidine rings is 1. The molecule has 1 saturated heterocycles. The number of allylic oxidation sites excluding steroid dienone is 1. The summed E-state index contributed by atoms with van der Waals surface area (Å²) in [5.41, 5.74) is 0. The van der Waals surface area contributed by atoms with E-state index in [1.165, 1.54) is 11.0 Å². The van der Waals surface area contributed by atoms with Gasteiger partial charge in [-0.25, -0.2) is 4.31 Å². The number of nitrogens with zero attached hydrogens (tertiary/aromatic N) is 1. The van der Waals surface area contributed by atoms with Crippen LogP contribution in [-0.4, -0.2) is 23.5 Å². The van der Waals surface area contributed by atoms with Gasteiger partial charge < -0.3 is 4.74 Å². The van der Waals surface area contributed by atoms with E-state index in [2.05, 4.69) is 16.0 Å². The normalized spacial score (nSPS) is 21.8. The molecule has 0 aliphatic carbocycles.